The number of thioether (sulfide) groups is 1. The van der Waals surface area contributed by atoms with Gasteiger partial charge in [-0.05, 0) is 24.6 Å². The van der Waals surface area contributed by atoms with Crippen molar-refractivity contribution in [1.29, 1.82) is 0 Å². The third kappa shape index (κ3) is 5.00. The molecule has 0 aliphatic rings. The number of carbonyl (C=O) groups is 2. The molecule has 1 amide bonds. The Morgan fingerprint density at radius 1 is 1.40 bits per heavy atom. The monoisotopic (exact) mass is 301 g/mol. The smallest absolute Gasteiger partial charge is 0.326 e. The van der Waals surface area contributed by atoms with E-state index < -0.39 is 29.6 Å². The molecule has 0 bridgehead atoms. The Balaban J connectivity index is 2.52. The Morgan fingerprint density at radius 3 is 2.65 bits per heavy atom. The highest BCUT2D eigenvalue weighted by Crippen LogP contribution is 2.20. The number of rotatable bonds is 7. The number of carbonyl (C=O) groups excluding carboxylic acids is 1. The molecule has 0 saturated heterocycles. The maximum atomic E-state index is 12.9. The molecule has 4 nitrogen and oxygen atoms in total. The van der Waals surface area contributed by atoms with Crippen LogP contribution in [0.25, 0.3) is 0 Å². The Kier molecular flexibility index (Phi) is 6.17. The van der Waals surface area contributed by atoms with E-state index in [1.54, 1.807) is 0 Å². The molecule has 0 radical (unpaired) electrons. The Morgan fingerprint density at radius 2 is 2.10 bits per heavy atom. The lowest BCUT2D eigenvalue weighted by molar-refractivity contribution is -0.141. The van der Waals surface area contributed by atoms with Gasteiger partial charge in [-0.1, -0.05) is 6.08 Å². The van der Waals surface area contributed by atoms with Crippen molar-refractivity contribution < 1.29 is 23.5 Å². The molecule has 0 saturated carbocycles. The molecule has 1 rings (SSSR count). The van der Waals surface area contributed by atoms with E-state index in [-0.39, 0.29) is 12.2 Å². The van der Waals surface area contributed by atoms with E-state index >= 15 is 0 Å². The van der Waals surface area contributed by atoms with Gasteiger partial charge in [0.25, 0.3) is 0 Å². The predicted molar refractivity (Wildman–Crippen MR) is 71.5 cm³/mol. The fourth-order valence-electron chi connectivity index (χ4n) is 1.34. The SMILES string of the molecule is C=CCC(NC(=O)CSc1ccc(F)c(F)c1)C(=O)O. The molecular formula is C13H13F2NO3S. The van der Waals surface area contributed by atoms with Crippen molar-refractivity contribution in [3.05, 3.63) is 42.5 Å². The molecule has 0 aliphatic carbocycles. The van der Waals surface area contributed by atoms with Gasteiger partial charge < -0.3 is 10.4 Å². The number of carboxylic acid groups (broad SMARTS) is 1. The largest absolute Gasteiger partial charge is 0.480 e. The molecular weight excluding hydrogens is 288 g/mol. The molecule has 0 fully saturated rings. The van der Waals surface area contributed by atoms with Crippen molar-refractivity contribution in [2.75, 3.05) is 5.75 Å². The Bertz CT molecular complexity index is 522. The molecule has 7 heteroatoms. The van der Waals surface area contributed by atoms with Crippen LogP contribution in [-0.2, 0) is 9.59 Å². The third-order valence-corrected chi connectivity index (χ3v) is 3.29. The molecule has 0 spiro atoms. The first-order valence-electron chi connectivity index (χ1n) is 5.65. The van der Waals surface area contributed by atoms with Gasteiger partial charge in [0.15, 0.2) is 11.6 Å². The van der Waals surface area contributed by atoms with E-state index in [0.29, 0.717) is 4.90 Å². The standard InChI is InChI=1S/C13H13F2NO3S/c1-2-3-11(13(18)19)16-12(17)7-20-8-4-5-9(14)10(15)6-8/h2,4-6,11H,1,3,7H2,(H,16,17)(H,18,19). The summed E-state index contributed by atoms with van der Waals surface area (Å²) in [6.45, 7) is 3.40. The van der Waals surface area contributed by atoms with Crippen LogP contribution in [0.1, 0.15) is 6.42 Å². The third-order valence-electron chi connectivity index (χ3n) is 2.30. The van der Waals surface area contributed by atoms with Crippen LogP contribution in [0.4, 0.5) is 8.78 Å². The fraction of sp³-hybridized carbons (Fsp3) is 0.231. The quantitative estimate of drug-likeness (QED) is 0.598. The average Bonchev–Trinajstić information content (AvgIpc) is 2.39. The maximum absolute atomic E-state index is 12.9. The minimum atomic E-state index is -1.16. The maximum Gasteiger partial charge on any atom is 0.326 e. The summed E-state index contributed by atoms with van der Waals surface area (Å²) in [7, 11) is 0. The minimum Gasteiger partial charge on any atom is -0.480 e. The van der Waals surface area contributed by atoms with Crippen molar-refractivity contribution in [1.82, 2.24) is 5.32 Å². The van der Waals surface area contributed by atoms with E-state index in [4.69, 9.17) is 5.11 Å². The first kappa shape index (κ1) is 16.2. The van der Waals surface area contributed by atoms with Crippen LogP contribution in [-0.4, -0.2) is 28.8 Å². The summed E-state index contributed by atoms with van der Waals surface area (Å²) in [5, 5.41) is 11.2. The first-order valence-corrected chi connectivity index (χ1v) is 6.63. The van der Waals surface area contributed by atoms with Crippen LogP contribution in [0, 0.1) is 11.6 Å². The highest BCUT2D eigenvalue weighted by molar-refractivity contribution is 8.00. The molecule has 0 aliphatic heterocycles. The summed E-state index contributed by atoms with van der Waals surface area (Å²) in [6.07, 6.45) is 1.50. The second-order valence-corrected chi connectivity index (χ2v) is 4.90. The summed E-state index contributed by atoms with van der Waals surface area (Å²) >= 11 is 0.986. The van der Waals surface area contributed by atoms with Gasteiger partial charge in [-0.3, -0.25) is 4.79 Å². The van der Waals surface area contributed by atoms with Gasteiger partial charge in [0.05, 0.1) is 5.75 Å². The lowest BCUT2D eigenvalue weighted by Crippen LogP contribution is -2.41. The van der Waals surface area contributed by atoms with Crippen LogP contribution in [0.3, 0.4) is 0 Å². The van der Waals surface area contributed by atoms with Crippen LogP contribution in [0.2, 0.25) is 0 Å². The van der Waals surface area contributed by atoms with Crippen LogP contribution in [0.5, 0.6) is 0 Å². The highest BCUT2D eigenvalue weighted by Gasteiger charge is 2.18. The van der Waals surface area contributed by atoms with E-state index in [9.17, 15) is 18.4 Å². The van der Waals surface area contributed by atoms with E-state index in [2.05, 4.69) is 11.9 Å². The van der Waals surface area contributed by atoms with Gasteiger partial charge in [0.2, 0.25) is 5.91 Å². The Hall–Kier alpha value is -1.89. The number of hydrogen-bond acceptors (Lipinski definition) is 3. The molecule has 20 heavy (non-hydrogen) atoms. The number of carboxylic acids is 1. The molecule has 0 aromatic heterocycles. The molecule has 0 heterocycles. The number of nitrogens with one attached hydrogen (secondary N) is 1. The van der Waals surface area contributed by atoms with Gasteiger partial charge >= 0.3 is 5.97 Å². The lowest BCUT2D eigenvalue weighted by atomic mass is 10.2. The zero-order valence-electron chi connectivity index (χ0n) is 10.4. The molecule has 2 N–H and O–H groups in total. The first-order chi connectivity index (χ1) is 9.43. The zero-order chi connectivity index (χ0) is 15.1. The fourth-order valence-corrected chi connectivity index (χ4v) is 2.07. The van der Waals surface area contributed by atoms with Crippen LogP contribution >= 0.6 is 11.8 Å². The molecule has 1 aromatic rings. The molecule has 1 atom stereocenters. The van der Waals surface area contributed by atoms with Gasteiger partial charge in [0.1, 0.15) is 6.04 Å². The number of halogens is 2. The Labute approximate surface area is 118 Å². The van der Waals surface area contributed by atoms with Gasteiger partial charge in [-0.15, -0.1) is 18.3 Å². The van der Waals surface area contributed by atoms with Crippen molar-refractivity contribution in [2.45, 2.75) is 17.4 Å². The summed E-state index contributed by atoms with van der Waals surface area (Å²) in [5.74, 6) is -3.71. The number of aliphatic carboxylic acids is 1. The number of benzene rings is 1. The molecule has 108 valence electrons. The van der Waals surface area contributed by atoms with Gasteiger partial charge in [0, 0.05) is 4.90 Å². The average molecular weight is 301 g/mol. The lowest BCUT2D eigenvalue weighted by Gasteiger charge is -2.12. The number of hydrogen-bond donors (Lipinski definition) is 2. The second-order valence-electron chi connectivity index (χ2n) is 3.85. The number of amides is 1. The normalized spacial score (nSPS) is 11.7. The predicted octanol–water partition coefficient (Wildman–Crippen LogP) is 2.20. The van der Waals surface area contributed by atoms with Crippen LogP contribution in [0.15, 0.2) is 35.7 Å². The minimum absolute atomic E-state index is 0.0913. The van der Waals surface area contributed by atoms with Crippen molar-refractivity contribution in [3.8, 4) is 0 Å². The summed E-state index contributed by atoms with van der Waals surface area (Å²) in [4.78, 5) is 22.8. The molecule has 1 aromatic carbocycles. The topological polar surface area (TPSA) is 66.4 Å². The van der Waals surface area contributed by atoms with Crippen molar-refractivity contribution in [3.63, 3.8) is 0 Å². The summed E-state index contributed by atoms with van der Waals surface area (Å²) in [5.41, 5.74) is 0. The van der Waals surface area contributed by atoms with E-state index in [1.807, 2.05) is 0 Å². The van der Waals surface area contributed by atoms with Crippen molar-refractivity contribution in [2.24, 2.45) is 0 Å². The molecule has 1 unspecified atom stereocenters. The van der Waals surface area contributed by atoms with Crippen LogP contribution < -0.4 is 5.32 Å². The second kappa shape index (κ2) is 7.64. The van der Waals surface area contributed by atoms with E-state index in [0.717, 1.165) is 23.9 Å². The van der Waals surface area contributed by atoms with Gasteiger partial charge in [-0.2, -0.15) is 0 Å². The van der Waals surface area contributed by atoms with E-state index in [1.165, 1.54) is 12.1 Å². The zero-order valence-corrected chi connectivity index (χ0v) is 11.3. The summed E-state index contributed by atoms with van der Waals surface area (Å²) < 4.78 is 25.6. The van der Waals surface area contributed by atoms with Crippen molar-refractivity contribution >= 4 is 23.6 Å². The van der Waals surface area contributed by atoms with Gasteiger partial charge in [-0.25, -0.2) is 13.6 Å². The summed E-state index contributed by atoms with van der Waals surface area (Å²) in [6, 6.07) is 2.25. The highest BCUT2D eigenvalue weighted by atomic mass is 32.2.